The summed E-state index contributed by atoms with van der Waals surface area (Å²) >= 11 is 1.95. The van der Waals surface area contributed by atoms with Gasteiger partial charge in [0.15, 0.2) is 0 Å². The van der Waals surface area contributed by atoms with Crippen molar-refractivity contribution >= 4 is 11.8 Å². The molecular formula is C13H19NOS. The second-order valence-electron chi connectivity index (χ2n) is 4.35. The van der Waals surface area contributed by atoms with Gasteiger partial charge >= 0.3 is 0 Å². The minimum atomic E-state index is 0.456. The zero-order valence-electron chi connectivity index (χ0n) is 10.3. The van der Waals surface area contributed by atoms with E-state index >= 15 is 0 Å². The fourth-order valence-electron chi connectivity index (χ4n) is 2.28. The molecule has 1 aromatic carbocycles. The third-order valence-corrected chi connectivity index (χ3v) is 4.85. The molecule has 3 heteroatoms. The summed E-state index contributed by atoms with van der Waals surface area (Å²) in [5.74, 6) is 1.60. The van der Waals surface area contributed by atoms with Crippen LogP contribution in [0.25, 0.3) is 0 Å². The van der Waals surface area contributed by atoms with Crippen molar-refractivity contribution in [3.05, 3.63) is 23.8 Å². The van der Waals surface area contributed by atoms with Gasteiger partial charge in [0.1, 0.15) is 5.75 Å². The average molecular weight is 237 g/mol. The van der Waals surface area contributed by atoms with E-state index in [0.29, 0.717) is 17.2 Å². The van der Waals surface area contributed by atoms with Gasteiger partial charge in [0.2, 0.25) is 0 Å². The topological polar surface area (TPSA) is 21.3 Å². The van der Waals surface area contributed by atoms with Gasteiger partial charge in [-0.25, -0.2) is 0 Å². The molecule has 3 unspecified atom stereocenters. The number of benzene rings is 1. The van der Waals surface area contributed by atoms with Crippen molar-refractivity contribution in [3.63, 3.8) is 0 Å². The fraction of sp³-hybridized carbons (Fsp3) is 0.538. The van der Waals surface area contributed by atoms with Gasteiger partial charge in [0.05, 0.1) is 7.11 Å². The predicted molar refractivity (Wildman–Crippen MR) is 69.3 cm³/mol. The van der Waals surface area contributed by atoms with Gasteiger partial charge in [0.25, 0.3) is 0 Å². The molecule has 2 rings (SSSR count). The second kappa shape index (κ2) is 4.68. The smallest absolute Gasteiger partial charge is 0.119 e. The van der Waals surface area contributed by atoms with Crippen molar-refractivity contribution in [1.29, 1.82) is 0 Å². The highest BCUT2D eigenvalue weighted by Crippen LogP contribution is 2.45. The molecule has 0 radical (unpaired) electrons. The normalized spacial score (nSPS) is 28.6. The number of nitrogens with one attached hydrogen (secondary N) is 1. The SMILES string of the molecule is CNC1c2ccc(OC)cc2SC(C)C1C. The number of hydrogen-bond donors (Lipinski definition) is 1. The van der Waals surface area contributed by atoms with Gasteiger partial charge in [-0.1, -0.05) is 19.9 Å². The molecule has 1 aliphatic rings. The first kappa shape index (κ1) is 11.8. The molecule has 0 saturated heterocycles. The first-order valence-corrected chi connectivity index (χ1v) is 6.57. The Bertz CT molecular complexity index is 380. The van der Waals surface area contributed by atoms with Crippen LogP contribution in [0.4, 0.5) is 0 Å². The Morgan fingerprint density at radius 2 is 2.06 bits per heavy atom. The maximum atomic E-state index is 5.28. The lowest BCUT2D eigenvalue weighted by atomic mass is 9.91. The predicted octanol–water partition coefficient (Wildman–Crippen LogP) is 3.09. The summed E-state index contributed by atoms with van der Waals surface area (Å²) in [5.41, 5.74) is 1.40. The Kier molecular flexibility index (Phi) is 3.45. The molecule has 0 aromatic heterocycles. The van der Waals surface area contributed by atoms with E-state index in [-0.39, 0.29) is 0 Å². The molecule has 0 aliphatic carbocycles. The number of hydrogen-bond acceptors (Lipinski definition) is 3. The zero-order chi connectivity index (χ0) is 11.7. The van der Waals surface area contributed by atoms with E-state index in [9.17, 15) is 0 Å². The fourth-order valence-corrected chi connectivity index (χ4v) is 3.57. The average Bonchev–Trinajstić information content (AvgIpc) is 2.30. The van der Waals surface area contributed by atoms with Crippen molar-refractivity contribution < 1.29 is 4.74 Å². The molecule has 1 aliphatic heterocycles. The van der Waals surface area contributed by atoms with Crippen LogP contribution in [-0.4, -0.2) is 19.4 Å². The second-order valence-corrected chi connectivity index (χ2v) is 5.77. The van der Waals surface area contributed by atoms with Crippen molar-refractivity contribution in [2.75, 3.05) is 14.2 Å². The Hall–Kier alpha value is -0.670. The minimum Gasteiger partial charge on any atom is -0.497 e. The maximum absolute atomic E-state index is 5.28. The lowest BCUT2D eigenvalue weighted by Gasteiger charge is -2.35. The molecule has 0 bridgehead atoms. The van der Waals surface area contributed by atoms with E-state index in [0.717, 1.165) is 5.75 Å². The Morgan fingerprint density at radius 1 is 1.31 bits per heavy atom. The molecular weight excluding hydrogens is 218 g/mol. The molecule has 1 aromatic rings. The first-order valence-electron chi connectivity index (χ1n) is 5.69. The van der Waals surface area contributed by atoms with Crippen molar-refractivity contribution in [3.8, 4) is 5.75 Å². The van der Waals surface area contributed by atoms with Crippen LogP contribution in [0.2, 0.25) is 0 Å². The Morgan fingerprint density at radius 3 is 2.69 bits per heavy atom. The van der Waals surface area contributed by atoms with E-state index in [2.05, 4.69) is 31.3 Å². The summed E-state index contributed by atoms with van der Waals surface area (Å²) in [4.78, 5) is 1.35. The Balaban J connectivity index is 2.42. The summed E-state index contributed by atoms with van der Waals surface area (Å²) in [5, 5.41) is 4.06. The van der Waals surface area contributed by atoms with Gasteiger partial charge in [-0.2, -0.15) is 0 Å². The third kappa shape index (κ3) is 1.94. The molecule has 0 spiro atoms. The third-order valence-electron chi connectivity index (χ3n) is 3.45. The molecule has 0 amide bonds. The van der Waals surface area contributed by atoms with Gasteiger partial charge in [0, 0.05) is 16.2 Å². The van der Waals surface area contributed by atoms with Gasteiger partial charge in [-0.15, -0.1) is 11.8 Å². The number of thioether (sulfide) groups is 1. The number of rotatable bonds is 2. The van der Waals surface area contributed by atoms with E-state index in [1.54, 1.807) is 7.11 Å². The van der Waals surface area contributed by atoms with E-state index in [4.69, 9.17) is 4.74 Å². The lowest BCUT2D eigenvalue weighted by molar-refractivity contribution is 0.390. The van der Waals surface area contributed by atoms with Crippen molar-refractivity contribution in [2.24, 2.45) is 5.92 Å². The largest absolute Gasteiger partial charge is 0.497 e. The van der Waals surface area contributed by atoms with Crippen molar-refractivity contribution in [2.45, 2.75) is 30.0 Å². The molecule has 2 nitrogen and oxygen atoms in total. The minimum absolute atomic E-state index is 0.456. The Labute approximate surface area is 102 Å². The highest BCUT2D eigenvalue weighted by Gasteiger charge is 2.31. The monoisotopic (exact) mass is 237 g/mol. The van der Waals surface area contributed by atoms with E-state index < -0.39 is 0 Å². The van der Waals surface area contributed by atoms with Crippen molar-refractivity contribution in [1.82, 2.24) is 5.32 Å². The summed E-state index contributed by atoms with van der Waals surface area (Å²) < 4.78 is 5.28. The quantitative estimate of drug-likeness (QED) is 0.854. The van der Waals surface area contributed by atoms with E-state index in [1.807, 2.05) is 24.9 Å². The molecule has 16 heavy (non-hydrogen) atoms. The first-order chi connectivity index (χ1) is 7.67. The van der Waals surface area contributed by atoms with Crippen LogP contribution in [0.15, 0.2) is 23.1 Å². The summed E-state index contributed by atoms with van der Waals surface area (Å²) in [6.07, 6.45) is 0. The number of ether oxygens (including phenoxy) is 1. The van der Waals surface area contributed by atoms with Gasteiger partial charge < -0.3 is 10.1 Å². The van der Waals surface area contributed by atoms with Crippen LogP contribution < -0.4 is 10.1 Å². The zero-order valence-corrected chi connectivity index (χ0v) is 11.1. The molecule has 1 N–H and O–H groups in total. The summed E-state index contributed by atoms with van der Waals surface area (Å²) in [6, 6.07) is 6.83. The highest BCUT2D eigenvalue weighted by atomic mass is 32.2. The highest BCUT2D eigenvalue weighted by molar-refractivity contribution is 8.00. The lowest BCUT2D eigenvalue weighted by Crippen LogP contribution is -2.32. The summed E-state index contributed by atoms with van der Waals surface area (Å²) in [6.45, 7) is 4.61. The molecule has 0 fully saturated rings. The van der Waals surface area contributed by atoms with Crippen LogP contribution in [0.3, 0.4) is 0 Å². The van der Waals surface area contributed by atoms with Gasteiger partial charge in [-0.3, -0.25) is 0 Å². The number of methoxy groups -OCH3 is 1. The number of fused-ring (bicyclic) bond motifs is 1. The van der Waals surface area contributed by atoms with E-state index in [1.165, 1.54) is 10.5 Å². The molecule has 3 atom stereocenters. The summed E-state index contributed by atoms with van der Waals surface area (Å²) in [7, 11) is 3.76. The molecule has 1 heterocycles. The maximum Gasteiger partial charge on any atom is 0.119 e. The van der Waals surface area contributed by atoms with Crippen LogP contribution >= 0.6 is 11.8 Å². The standard InChI is InChI=1S/C13H19NOS/c1-8-9(2)16-12-7-10(15-4)5-6-11(12)13(8)14-3/h5-9,13-14H,1-4H3. The van der Waals surface area contributed by atoms with Crippen LogP contribution in [-0.2, 0) is 0 Å². The molecule has 88 valence electrons. The van der Waals surface area contributed by atoms with Gasteiger partial charge in [-0.05, 0) is 30.7 Å². The van der Waals surface area contributed by atoms with Crippen LogP contribution in [0.1, 0.15) is 25.5 Å². The van der Waals surface area contributed by atoms with Crippen LogP contribution in [0.5, 0.6) is 5.75 Å². The molecule has 0 saturated carbocycles. The van der Waals surface area contributed by atoms with Crippen LogP contribution in [0, 0.1) is 5.92 Å².